The highest BCUT2D eigenvalue weighted by Crippen LogP contribution is 2.32. The fraction of sp³-hybridized carbons (Fsp3) is 0.207. The summed E-state index contributed by atoms with van der Waals surface area (Å²) in [5.74, 6) is 0.776. The van der Waals surface area contributed by atoms with E-state index in [-0.39, 0.29) is 18.4 Å². The number of likely N-dealkylation sites (tertiary alicyclic amines) is 1. The number of nitrogens with one attached hydrogen (secondary N) is 1. The highest BCUT2D eigenvalue weighted by molar-refractivity contribution is 6.08. The van der Waals surface area contributed by atoms with Crippen molar-refractivity contribution in [2.24, 2.45) is 0 Å². The molecule has 0 bridgehead atoms. The minimum atomic E-state index is -0.326. The minimum Gasteiger partial charge on any atom is -0.496 e. The van der Waals surface area contributed by atoms with Crippen molar-refractivity contribution in [3.8, 4) is 28.4 Å². The zero-order valence-corrected chi connectivity index (χ0v) is 20.6. The third kappa shape index (κ3) is 5.48. The second-order valence-corrected chi connectivity index (χ2v) is 8.73. The first-order valence-corrected chi connectivity index (χ1v) is 12.2. The summed E-state index contributed by atoms with van der Waals surface area (Å²) in [6, 6.07) is 24.1. The van der Waals surface area contributed by atoms with Crippen LogP contribution in [0.15, 0.2) is 85.1 Å². The summed E-state index contributed by atoms with van der Waals surface area (Å²) in [5.41, 5.74) is 2.99. The van der Waals surface area contributed by atoms with E-state index in [9.17, 15) is 9.59 Å². The lowest BCUT2D eigenvalue weighted by atomic mass is 10.1. The van der Waals surface area contributed by atoms with Crippen LogP contribution in [0.4, 0.5) is 5.69 Å². The zero-order chi connectivity index (χ0) is 25.6. The molecule has 1 fully saturated rings. The SMILES string of the molecule is COc1ccccc1-c1nn(-c2ccccc2)cc1C(=O)Nc1cccc(OCC(=O)N2CCCC2)c1. The lowest BCUT2D eigenvalue weighted by Crippen LogP contribution is -2.32. The van der Waals surface area contributed by atoms with E-state index in [0.717, 1.165) is 31.6 Å². The van der Waals surface area contributed by atoms with Crippen LogP contribution >= 0.6 is 0 Å². The molecule has 1 aliphatic heterocycles. The van der Waals surface area contributed by atoms with E-state index in [1.807, 2.05) is 59.5 Å². The Hall–Kier alpha value is -4.59. The normalized spacial score (nSPS) is 12.8. The van der Waals surface area contributed by atoms with Gasteiger partial charge in [0, 0.05) is 36.6 Å². The lowest BCUT2D eigenvalue weighted by Gasteiger charge is -2.15. The third-order valence-corrected chi connectivity index (χ3v) is 6.25. The van der Waals surface area contributed by atoms with Gasteiger partial charge in [-0.3, -0.25) is 9.59 Å². The molecule has 4 aromatic rings. The first-order chi connectivity index (χ1) is 18.1. The van der Waals surface area contributed by atoms with Crippen LogP contribution in [0, 0.1) is 0 Å². The molecule has 0 saturated carbocycles. The molecule has 1 N–H and O–H groups in total. The van der Waals surface area contributed by atoms with Gasteiger partial charge < -0.3 is 19.7 Å². The fourth-order valence-corrected chi connectivity index (χ4v) is 4.36. The third-order valence-electron chi connectivity index (χ3n) is 6.25. The number of methoxy groups -OCH3 is 1. The Labute approximate surface area is 215 Å². The van der Waals surface area contributed by atoms with Crippen molar-refractivity contribution in [2.45, 2.75) is 12.8 Å². The molecule has 5 rings (SSSR count). The van der Waals surface area contributed by atoms with Crippen molar-refractivity contribution in [2.75, 3.05) is 32.1 Å². The number of para-hydroxylation sites is 2. The fourth-order valence-electron chi connectivity index (χ4n) is 4.36. The molecule has 0 unspecified atom stereocenters. The summed E-state index contributed by atoms with van der Waals surface area (Å²) in [6.45, 7) is 1.53. The Kier molecular flexibility index (Phi) is 7.16. The van der Waals surface area contributed by atoms with Gasteiger partial charge in [-0.15, -0.1) is 0 Å². The van der Waals surface area contributed by atoms with Crippen molar-refractivity contribution in [1.82, 2.24) is 14.7 Å². The smallest absolute Gasteiger partial charge is 0.260 e. The Morgan fingerprint density at radius 1 is 0.946 bits per heavy atom. The Bertz CT molecular complexity index is 1390. The van der Waals surface area contributed by atoms with E-state index in [2.05, 4.69) is 5.32 Å². The number of anilines is 1. The van der Waals surface area contributed by atoms with Crippen molar-refractivity contribution < 1.29 is 19.1 Å². The highest BCUT2D eigenvalue weighted by atomic mass is 16.5. The summed E-state index contributed by atoms with van der Waals surface area (Å²) in [4.78, 5) is 27.6. The largest absolute Gasteiger partial charge is 0.496 e. The van der Waals surface area contributed by atoms with Gasteiger partial charge in [0.1, 0.15) is 17.2 Å². The summed E-state index contributed by atoms with van der Waals surface area (Å²) in [7, 11) is 1.59. The molecule has 0 aliphatic carbocycles. The van der Waals surface area contributed by atoms with Gasteiger partial charge in [-0.05, 0) is 49.2 Å². The molecule has 0 spiro atoms. The molecule has 8 nitrogen and oxygen atoms in total. The Balaban J connectivity index is 1.39. The number of amides is 2. The maximum absolute atomic E-state index is 13.5. The summed E-state index contributed by atoms with van der Waals surface area (Å²) in [5, 5.41) is 7.68. The van der Waals surface area contributed by atoms with Gasteiger partial charge in [-0.25, -0.2) is 4.68 Å². The molecule has 3 aromatic carbocycles. The number of carbonyl (C=O) groups excluding carboxylic acids is 2. The molecule has 2 amide bonds. The molecule has 1 aliphatic rings. The zero-order valence-electron chi connectivity index (χ0n) is 20.6. The van der Waals surface area contributed by atoms with Crippen LogP contribution in [0.2, 0.25) is 0 Å². The van der Waals surface area contributed by atoms with E-state index in [0.29, 0.717) is 34.0 Å². The highest BCUT2D eigenvalue weighted by Gasteiger charge is 2.22. The summed E-state index contributed by atoms with van der Waals surface area (Å²) < 4.78 is 12.9. The number of hydrogen-bond donors (Lipinski definition) is 1. The van der Waals surface area contributed by atoms with Gasteiger partial charge in [-0.1, -0.05) is 36.4 Å². The minimum absolute atomic E-state index is 0.0262. The average molecular weight is 497 g/mol. The molecular weight excluding hydrogens is 468 g/mol. The van der Waals surface area contributed by atoms with Gasteiger partial charge >= 0.3 is 0 Å². The molecule has 8 heteroatoms. The van der Waals surface area contributed by atoms with Crippen molar-refractivity contribution in [3.63, 3.8) is 0 Å². The van der Waals surface area contributed by atoms with Crippen LogP contribution in [0.1, 0.15) is 23.2 Å². The van der Waals surface area contributed by atoms with E-state index in [1.54, 1.807) is 42.3 Å². The Morgan fingerprint density at radius 2 is 1.70 bits per heavy atom. The van der Waals surface area contributed by atoms with Crippen LogP contribution in [-0.4, -0.2) is 53.3 Å². The molecule has 0 atom stereocenters. The molecule has 188 valence electrons. The number of ether oxygens (including phenoxy) is 2. The lowest BCUT2D eigenvalue weighted by molar-refractivity contribution is -0.132. The van der Waals surface area contributed by atoms with E-state index >= 15 is 0 Å². The summed E-state index contributed by atoms with van der Waals surface area (Å²) >= 11 is 0. The molecule has 2 heterocycles. The number of rotatable bonds is 8. The first kappa shape index (κ1) is 24.1. The number of aromatic nitrogens is 2. The maximum Gasteiger partial charge on any atom is 0.260 e. The van der Waals surface area contributed by atoms with Crippen LogP contribution in [0.5, 0.6) is 11.5 Å². The molecule has 37 heavy (non-hydrogen) atoms. The first-order valence-electron chi connectivity index (χ1n) is 12.2. The number of hydrogen-bond acceptors (Lipinski definition) is 5. The van der Waals surface area contributed by atoms with Gasteiger partial charge in [-0.2, -0.15) is 5.10 Å². The van der Waals surface area contributed by atoms with Crippen LogP contribution in [0.3, 0.4) is 0 Å². The Morgan fingerprint density at radius 3 is 2.49 bits per heavy atom. The van der Waals surface area contributed by atoms with Crippen molar-refractivity contribution >= 4 is 17.5 Å². The van der Waals surface area contributed by atoms with Crippen molar-refractivity contribution in [1.29, 1.82) is 0 Å². The second kappa shape index (κ2) is 11.0. The van der Waals surface area contributed by atoms with Gasteiger partial charge in [0.05, 0.1) is 18.4 Å². The van der Waals surface area contributed by atoms with Crippen LogP contribution < -0.4 is 14.8 Å². The number of carbonyl (C=O) groups is 2. The van der Waals surface area contributed by atoms with E-state index < -0.39 is 0 Å². The maximum atomic E-state index is 13.5. The summed E-state index contributed by atoms with van der Waals surface area (Å²) in [6.07, 6.45) is 3.78. The van der Waals surface area contributed by atoms with Gasteiger partial charge in [0.2, 0.25) is 0 Å². The van der Waals surface area contributed by atoms with Crippen LogP contribution in [-0.2, 0) is 4.79 Å². The molecule has 0 radical (unpaired) electrons. The number of nitrogens with zero attached hydrogens (tertiary/aromatic N) is 3. The molecule has 1 saturated heterocycles. The molecule has 1 aromatic heterocycles. The van der Waals surface area contributed by atoms with Crippen LogP contribution in [0.25, 0.3) is 16.9 Å². The average Bonchev–Trinajstić information content (AvgIpc) is 3.64. The predicted octanol–water partition coefficient (Wildman–Crippen LogP) is 4.80. The van der Waals surface area contributed by atoms with E-state index in [4.69, 9.17) is 14.6 Å². The molecular formula is C29H28N4O4. The van der Waals surface area contributed by atoms with Gasteiger partial charge in [0.15, 0.2) is 6.61 Å². The monoisotopic (exact) mass is 496 g/mol. The predicted molar refractivity (Wildman–Crippen MR) is 141 cm³/mol. The van der Waals surface area contributed by atoms with E-state index in [1.165, 1.54) is 0 Å². The number of benzene rings is 3. The standard InChI is InChI=1S/C29H28N4O4/c1-36-26-15-6-5-14-24(26)28-25(19-33(31-28)22-11-3-2-4-12-22)29(35)30-21-10-9-13-23(18-21)37-20-27(34)32-16-7-8-17-32/h2-6,9-15,18-19H,7-8,16-17,20H2,1H3,(H,30,35). The van der Waals surface area contributed by atoms with Gasteiger partial charge in [0.25, 0.3) is 11.8 Å². The second-order valence-electron chi connectivity index (χ2n) is 8.73. The quantitative estimate of drug-likeness (QED) is 0.379. The topological polar surface area (TPSA) is 85.7 Å². The van der Waals surface area contributed by atoms with Crippen molar-refractivity contribution in [3.05, 3.63) is 90.6 Å².